The van der Waals surface area contributed by atoms with Crippen molar-refractivity contribution in [3.05, 3.63) is 47.0 Å². The molecule has 19 heavy (non-hydrogen) atoms. The summed E-state index contributed by atoms with van der Waals surface area (Å²) in [4.78, 5) is 4.16. The molecule has 2 heterocycles. The molecule has 0 saturated carbocycles. The summed E-state index contributed by atoms with van der Waals surface area (Å²) in [6.45, 7) is 8.98. The number of hydrogen-bond donors (Lipinski definition) is 1. The highest BCUT2D eigenvalue weighted by atomic mass is 15.3. The van der Waals surface area contributed by atoms with E-state index >= 15 is 0 Å². The van der Waals surface area contributed by atoms with Crippen molar-refractivity contribution in [2.45, 2.75) is 46.8 Å². The molecule has 4 nitrogen and oxygen atoms in total. The van der Waals surface area contributed by atoms with Gasteiger partial charge in [0.05, 0.1) is 11.4 Å². The molecule has 0 amide bonds. The van der Waals surface area contributed by atoms with E-state index in [2.05, 4.69) is 46.9 Å². The van der Waals surface area contributed by atoms with Crippen molar-refractivity contribution in [2.75, 3.05) is 0 Å². The van der Waals surface area contributed by atoms with Crippen molar-refractivity contribution < 1.29 is 0 Å². The predicted molar refractivity (Wildman–Crippen MR) is 76.8 cm³/mol. The largest absolute Gasteiger partial charge is 0.307 e. The first-order valence-corrected chi connectivity index (χ1v) is 6.90. The molecule has 0 unspecified atom stereocenters. The fourth-order valence-corrected chi connectivity index (χ4v) is 2.11. The van der Waals surface area contributed by atoms with Gasteiger partial charge in [-0.2, -0.15) is 5.10 Å². The lowest BCUT2D eigenvalue weighted by molar-refractivity contribution is 0.576. The standard InChI is InChI=1S/C15H22N4/c1-4-14-8-15(19(5-2)18-14)11-17-10-13-9-16-7-6-12(13)3/h6-9,17H,4-5,10-11H2,1-3H3. The zero-order valence-electron chi connectivity index (χ0n) is 12.0. The van der Waals surface area contributed by atoms with Crippen LogP contribution in [0.5, 0.6) is 0 Å². The van der Waals surface area contributed by atoms with E-state index in [0.29, 0.717) is 0 Å². The third-order valence-electron chi connectivity index (χ3n) is 3.34. The molecule has 2 aromatic rings. The molecule has 4 heteroatoms. The van der Waals surface area contributed by atoms with Crippen molar-refractivity contribution in [3.63, 3.8) is 0 Å². The van der Waals surface area contributed by atoms with Gasteiger partial charge in [-0.05, 0) is 43.5 Å². The Hall–Kier alpha value is -1.68. The molecule has 102 valence electrons. The van der Waals surface area contributed by atoms with Crippen LogP contribution in [0.1, 0.15) is 36.4 Å². The highest BCUT2D eigenvalue weighted by Gasteiger charge is 2.05. The molecule has 2 aromatic heterocycles. The number of aryl methyl sites for hydroxylation is 3. The molecule has 0 atom stereocenters. The van der Waals surface area contributed by atoms with E-state index in [9.17, 15) is 0 Å². The van der Waals surface area contributed by atoms with Gasteiger partial charge >= 0.3 is 0 Å². The number of nitrogens with one attached hydrogen (secondary N) is 1. The van der Waals surface area contributed by atoms with Gasteiger partial charge in [0.25, 0.3) is 0 Å². The second-order valence-corrected chi connectivity index (χ2v) is 4.70. The second kappa shape index (κ2) is 6.48. The summed E-state index contributed by atoms with van der Waals surface area (Å²) < 4.78 is 2.07. The van der Waals surface area contributed by atoms with Gasteiger partial charge in [0.2, 0.25) is 0 Å². The van der Waals surface area contributed by atoms with Crippen LogP contribution in [0.15, 0.2) is 24.5 Å². The molecule has 0 radical (unpaired) electrons. The van der Waals surface area contributed by atoms with Gasteiger partial charge in [-0.25, -0.2) is 0 Å². The summed E-state index contributed by atoms with van der Waals surface area (Å²) >= 11 is 0. The molecule has 0 aliphatic rings. The number of pyridine rings is 1. The molecule has 0 fully saturated rings. The molecule has 0 aliphatic carbocycles. The molecule has 1 N–H and O–H groups in total. The van der Waals surface area contributed by atoms with E-state index < -0.39 is 0 Å². The van der Waals surface area contributed by atoms with Crippen LogP contribution >= 0.6 is 0 Å². The average Bonchev–Trinajstić information content (AvgIpc) is 2.83. The molecule has 0 aromatic carbocycles. The summed E-state index contributed by atoms with van der Waals surface area (Å²) in [6.07, 6.45) is 4.75. The lowest BCUT2D eigenvalue weighted by Crippen LogP contribution is -2.16. The van der Waals surface area contributed by atoms with Crippen molar-refractivity contribution in [3.8, 4) is 0 Å². The van der Waals surface area contributed by atoms with Gasteiger partial charge in [0, 0.05) is 32.0 Å². The first kappa shape index (κ1) is 13.7. The van der Waals surface area contributed by atoms with Crippen LogP contribution in [-0.4, -0.2) is 14.8 Å². The SMILES string of the molecule is CCc1cc(CNCc2cnccc2C)n(CC)n1. The summed E-state index contributed by atoms with van der Waals surface area (Å²) in [5.41, 5.74) is 4.94. The van der Waals surface area contributed by atoms with Crippen molar-refractivity contribution >= 4 is 0 Å². The van der Waals surface area contributed by atoms with Crippen LogP contribution < -0.4 is 5.32 Å². The van der Waals surface area contributed by atoms with Gasteiger partial charge in [0.1, 0.15) is 0 Å². The summed E-state index contributed by atoms with van der Waals surface area (Å²) in [6, 6.07) is 4.23. The molecular weight excluding hydrogens is 236 g/mol. The zero-order chi connectivity index (χ0) is 13.7. The fraction of sp³-hybridized carbons (Fsp3) is 0.467. The van der Waals surface area contributed by atoms with Gasteiger partial charge < -0.3 is 5.32 Å². The Morgan fingerprint density at radius 2 is 2.11 bits per heavy atom. The van der Waals surface area contributed by atoms with E-state index in [1.165, 1.54) is 16.8 Å². The molecule has 0 bridgehead atoms. The number of aromatic nitrogens is 3. The molecule has 0 aliphatic heterocycles. The molecular formula is C15H22N4. The van der Waals surface area contributed by atoms with Crippen LogP contribution in [0.3, 0.4) is 0 Å². The van der Waals surface area contributed by atoms with E-state index in [1.807, 2.05) is 18.5 Å². The highest BCUT2D eigenvalue weighted by molar-refractivity contribution is 5.21. The molecule has 0 saturated heterocycles. The topological polar surface area (TPSA) is 42.7 Å². The van der Waals surface area contributed by atoms with Crippen LogP contribution in [0.2, 0.25) is 0 Å². The Bertz CT molecular complexity index is 531. The van der Waals surface area contributed by atoms with Crippen molar-refractivity contribution in [1.82, 2.24) is 20.1 Å². The van der Waals surface area contributed by atoms with Gasteiger partial charge in [0.15, 0.2) is 0 Å². The maximum Gasteiger partial charge on any atom is 0.0625 e. The Morgan fingerprint density at radius 1 is 1.26 bits per heavy atom. The third kappa shape index (κ3) is 3.41. The third-order valence-corrected chi connectivity index (χ3v) is 3.34. The number of rotatable bonds is 6. The van der Waals surface area contributed by atoms with E-state index in [-0.39, 0.29) is 0 Å². The first-order valence-electron chi connectivity index (χ1n) is 6.90. The Balaban J connectivity index is 1.96. The van der Waals surface area contributed by atoms with Crippen molar-refractivity contribution in [2.24, 2.45) is 0 Å². The Morgan fingerprint density at radius 3 is 2.79 bits per heavy atom. The minimum atomic E-state index is 0.842. The Kier molecular flexibility index (Phi) is 4.68. The molecule has 0 spiro atoms. The predicted octanol–water partition coefficient (Wildman–Crippen LogP) is 2.46. The summed E-state index contributed by atoms with van der Waals surface area (Å²) in [7, 11) is 0. The van der Waals surface area contributed by atoms with Crippen LogP contribution in [-0.2, 0) is 26.1 Å². The van der Waals surface area contributed by atoms with Crippen LogP contribution in [0.4, 0.5) is 0 Å². The highest BCUT2D eigenvalue weighted by Crippen LogP contribution is 2.07. The maximum absolute atomic E-state index is 4.55. The zero-order valence-corrected chi connectivity index (χ0v) is 12.0. The molecule has 2 rings (SSSR count). The minimum Gasteiger partial charge on any atom is -0.307 e. The minimum absolute atomic E-state index is 0.842. The van der Waals surface area contributed by atoms with E-state index in [1.54, 1.807) is 0 Å². The summed E-state index contributed by atoms with van der Waals surface area (Å²) in [5.74, 6) is 0. The number of hydrogen-bond acceptors (Lipinski definition) is 3. The monoisotopic (exact) mass is 258 g/mol. The van der Waals surface area contributed by atoms with E-state index in [4.69, 9.17) is 0 Å². The Labute approximate surface area is 114 Å². The lowest BCUT2D eigenvalue weighted by atomic mass is 10.1. The lowest BCUT2D eigenvalue weighted by Gasteiger charge is -2.08. The summed E-state index contributed by atoms with van der Waals surface area (Å²) in [5, 5.41) is 8.02. The fourth-order valence-electron chi connectivity index (χ4n) is 2.11. The van der Waals surface area contributed by atoms with Crippen LogP contribution in [0.25, 0.3) is 0 Å². The van der Waals surface area contributed by atoms with Gasteiger partial charge in [-0.15, -0.1) is 0 Å². The van der Waals surface area contributed by atoms with Crippen molar-refractivity contribution in [1.29, 1.82) is 0 Å². The van der Waals surface area contributed by atoms with Gasteiger partial charge in [-0.3, -0.25) is 9.67 Å². The normalized spacial score (nSPS) is 10.9. The quantitative estimate of drug-likeness (QED) is 0.865. The van der Waals surface area contributed by atoms with E-state index in [0.717, 1.165) is 31.7 Å². The smallest absolute Gasteiger partial charge is 0.0625 e. The first-order chi connectivity index (χ1) is 9.24. The van der Waals surface area contributed by atoms with Crippen LogP contribution in [0, 0.1) is 6.92 Å². The average molecular weight is 258 g/mol. The number of nitrogens with zero attached hydrogens (tertiary/aromatic N) is 3. The second-order valence-electron chi connectivity index (χ2n) is 4.70. The van der Waals surface area contributed by atoms with Gasteiger partial charge in [-0.1, -0.05) is 6.92 Å². The maximum atomic E-state index is 4.55.